The van der Waals surface area contributed by atoms with Gasteiger partial charge >= 0.3 is 0 Å². The van der Waals surface area contributed by atoms with E-state index in [1.807, 2.05) is 0 Å². The Morgan fingerprint density at radius 2 is 0.331 bits per heavy atom. The number of hydrogen-bond acceptors (Lipinski definition) is 0. The maximum atomic E-state index is 2.54. The summed E-state index contributed by atoms with van der Waals surface area (Å²) in [6.45, 7) is 36.3. The molecular weight excluding hydrogens is 1650 g/mol. The number of hydrogen-bond donors (Lipinski definition) is 0. The molecule has 0 saturated carbocycles. The van der Waals surface area contributed by atoms with E-state index in [4.69, 9.17) is 0 Å². The van der Waals surface area contributed by atoms with Crippen LogP contribution in [0.2, 0.25) is 78.6 Å². The molecule has 16 heteroatoms. The first kappa shape index (κ1) is 92.4. The SMILES string of the molecule is C[N+]1(C)C[N+](c2ccccc2)=Cc2ccccc21.C[N+]1(C)C[N+](c2ccccc2)=Cc2ccccc21.C[N+]1(c2ccccc2)C[N+](c2ccccc2)=Cc2ccccc21.C[N+]1(c2ccccc2)C[N+](c2ccccc2)=Cc2ccccc21.C[Si](C)(C)[N+]1([Si](C)(C)C)C[N+](c2ccccc2)=Cc2ccccc21.C[Si](C)(C)[N+]1([Si](C)(C)C)C[N+](c2ccccc2)=Cc2ccccc21. The minimum Gasteiger partial charge on any atom is -0.355 e. The summed E-state index contributed by atoms with van der Waals surface area (Å²) in [5.74, 6) is 0. The molecular formula is C114H136N12Si4+12. The molecule has 12 nitrogen and oxygen atoms in total. The van der Waals surface area contributed by atoms with E-state index in [0.717, 1.165) is 57.9 Å². The molecule has 0 aliphatic carbocycles. The van der Waals surface area contributed by atoms with E-state index < -0.39 is 32.9 Å². The van der Waals surface area contributed by atoms with Gasteiger partial charge in [0, 0.05) is 97.1 Å². The van der Waals surface area contributed by atoms with Gasteiger partial charge in [-0.3, -0.25) is 0 Å². The third-order valence-corrected chi connectivity index (χ3v) is 45.7. The molecule has 130 heavy (non-hydrogen) atoms. The van der Waals surface area contributed by atoms with E-state index in [1.54, 1.807) is 11.4 Å². The van der Waals surface area contributed by atoms with Gasteiger partial charge in [-0.25, -0.2) is 17.9 Å². The lowest BCUT2D eigenvalue weighted by atomic mass is 10.1. The van der Waals surface area contributed by atoms with Crippen molar-refractivity contribution in [1.82, 2.24) is 25.6 Å². The van der Waals surface area contributed by atoms with E-state index in [9.17, 15) is 0 Å². The van der Waals surface area contributed by atoms with Gasteiger partial charge in [0.1, 0.15) is 22.7 Å². The first-order valence-electron chi connectivity index (χ1n) is 46.0. The Morgan fingerprint density at radius 3 is 0.554 bits per heavy atom. The van der Waals surface area contributed by atoms with Crippen LogP contribution in [0.4, 0.5) is 79.6 Å². The second kappa shape index (κ2) is 38.4. The molecule has 0 fully saturated rings. The molecule has 14 aromatic carbocycles. The summed E-state index contributed by atoms with van der Waals surface area (Å²) in [5, 5.41) is 0. The summed E-state index contributed by atoms with van der Waals surface area (Å²) in [7, 11) is 7.46. The van der Waals surface area contributed by atoms with E-state index in [0.29, 0.717) is 0 Å². The molecule has 0 saturated heterocycles. The minimum atomic E-state index is -1.53. The average molecular weight is 1790 g/mol. The highest BCUT2D eigenvalue weighted by Gasteiger charge is 2.60. The van der Waals surface area contributed by atoms with Crippen molar-refractivity contribution >= 4 is 150 Å². The summed E-state index contributed by atoms with van der Waals surface area (Å²) >= 11 is 0. The smallest absolute Gasteiger partial charge is 0.285 e. The van der Waals surface area contributed by atoms with E-state index in [1.165, 1.54) is 109 Å². The highest BCUT2D eigenvalue weighted by Crippen LogP contribution is 2.46. The second-order valence-corrected chi connectivity index (χ2v) is 61.8. The van der Waals surface area contributed by atoms with Crippen molar-refractivity contribution in [2.75, 3.05) is 82.3 Å². The molecule has 0 spiro atoms. The van der Waals surface area contributed by atoms with Crippen molar-refractivity contribution in [3.63, 3.8) is 0 Å². The summed E-state index contributed by atoms with van der Waals surface area (Å²) in [6.07, 6.45) is 13.7. The van der Waals surface area contributed by atoms with Crippen molar-refractivity contribution in [3.05, 3.63) is 422 Å². The summed E-state index contributed by atoms with van der Waals surface area (Å²) in [5.41, 5.74) is 26.6. The van der Waals surface area contributed by atoms with Crippen LogP contribution in [0.5, 0.6) is 0 Å². The van der Waals surface area contributed by atoms with Crippen LogP contribution in [0.1, 0.15) is 33.4 Å². The lowest BCUT2D eigenvalue weighted by molar-refractivity contribution is -0.459. The normalized spacial score (nSPS) is 18.0. The van der Waals surface area contributed by atoms with Crippen LogP contribution in [0, 0.1) is 0 Å². The fourth-order valence-corrected chi connectivity index (χ4v) is 42.8. The number of nitrogens with zero attached hydrogens (tertiary/aromatic N) is 12. The largest absolute Gasteiger partial charge is 0.355 e. The maximum absolute atomic E-state index is 2.54. The monoisotopic (exact) mass is 1790 g/mol. The highest BCUT2D eigenvalue weighted by molar-refractivity contribution is 6.96. The Hall–Kier alpha value is -12.3. The molecule has 14 aromatic rings. The lowest BCUT2D eigenvalue weighted by Gasteiger charge is -2.55. The quantitative estimate of drug-likeness (QED) is 0.0659. The van der Waals surface area contributed by atoms with Crippen LogP contribution in [0.25, 0.3) is 0 Å². The molecule has 2 atom stereocenters. The molecule has 20 rings (SSSR count). The molecule has 2 unspecified atom stereocenters. The number of para-hydroxylation sites is 14. The number of benzene rings is 14. The standard InChI is InChI=1S/2C21H20N2.2C20H30N2Si2.2C16H18N2/c2*1-23(20-13-6-3-7-14-20)17-22(19-11-4-2-5-12-19)16-18-10-8-9-15-21(18)23;2*1-23(2,3)22(24(4,5)6)17-21(19-13-8-7-9-14-19)16-18-12-10-11-15-20(18)22;2*1-18(2)13-17(15-9-4-3-5-10-15)12-14-8-6-7-11-16(14)18/h2*2-16H,17H2,1H3;2*7-16H,17H2,1-6H3;2*3-12H,13H2,1-2H3/q6*+2. The number of quaternary nitrogens is 6. The van der Waals surface area contributed by atoms with Gasteiger partial charge in [-0.2, -0.15) is 9.15 Å². The fourth-order valence-electron chi connectivity index (χ4n) is 20.7. The molecule has 0 radical (unpaired) electrons. The summed E-state index contributed by atoms with van der Waals surface area (Å²) in [4.78, 5) is 0. The van der Waals surface area contributed by atoms with Gasteiger partial charge < -0.3 is 7.63 Å². The number of fused-ring (bicyclic) bond motifs is 6. The predicted molar refractivity (Wildman–Crippen MR) is 569 cm³/mol. The molecule has 656 valence electrons. The van der Waals surface area contributed by atoms with Crippen molar-refractivity contribution in [2.24, 2.45) is 0 Å². The Labute approximate surface area is 779 Å². The maximum Gasteiger partial charge on any atom is 0.285 e. The molecule has 6 aliphatic rings. The Balaban J connectivity index is 0.000000120. The third-order valence-electron chi connectivity index (χ3n) is 27.0. The topological polar surface area (TPSA) is 18.1 Å². The van der Waals surface area contributed by atoms with Crippen LogP contribution in [-0.4, -0.2) is 180 Å². The first-order chi connectivity index (χ1) is 62.2. The van der Waals surface area contributed by atoms with Crippen LogP contribution < -0.4 is 25.6 Å². The predicted octanol–water partition coefficient (Wildman–Crippen LogP) is 26.2. The average Bonchev–Trinajstić information content (AvgIpc) is 0.713. The summed E-state index contributed by atoms with van der Waals surface area (Å²) < 4.78 is 20.0. The van der Waals surface area contributed by atoms with Crippen molar-refractivity contribution in [3.8, 4) is 0 Å². The zero-order valence-electron chi connectivity index (χ0n) is 80.0. The van der Waals surface area contributed by atoms with Gasteiger partial charge in [0.25, 0.3) is 59.6 Å². The van der Waals surface area contributed by atoms with Crippen molar-refractivity contribution < 1.29 is 27.5 Å². The zero-order valence-corrected chi connectivity index (χ0v) is 84.0. The van der Waals surface area contributed by atoms with E-state index in [-0.39, 0.29) is 0 Å². The lowest BCUT2D eigenvalue weighted by Crippen LogP contribution is -2.78. The molecule has 0 N–H and O–H groups in total. The zero-order chi connectivity index (χ0) is 91.8. The third kappa shape index (κ3) is 19.5. The Bertz CT molecular complexity index is 6050. The Morgan fingerprint density at radius 1 is 0.169 bits per heavy atom. The minimum absolute atomic E-state index is 0.766. The van der Waals surface area contributed by atoms with Crippen molar-refractivity contribution in [1.29, 1.82) is 0 Å². The van der Waals surface area contributed by atoms with Crippen LogP contribution in [0.15, 0.2) is 388 Å². The van der Waals surface area contributed by atoms with Gasteiger partial charge in [0.2, 0.25) is 47.5 Å². The van der Waals surface area contributed by atoms with Gasteiger partial charge in [-0.05, 0) is 151 Å². The van der Waals surface area contributed by atoms with Gasteiger partial charge in [0.05, 0.1) is 75.7 Å². The fraction of sp³-hybridized carbons (Fsp3) is 0.211. The van der Waals surface area contributed by atoms with Crippen molar-refractivity contribution in [2.45, 2.75) is 78.6 Å². The van der Waals surface area contributed by atoms with Crippen LogP contribution in [0.3, 0.4) is 0 Å². The molecule has 0 bridgehead atoms. The van der Waals surface area contributed by atoms with Crippen LogP contribution in [-0.2, 0) is 0 Å². The van der Waals surface area contributed by atoms with E-state index in [2.05, 4.69) is 574 Å². The van der Waals surface area contributed by atoms with E-state index >= 15 is 0 Å². The molecule has 0 aromatic heterocycles. The van der Waals surface area contributed by atoms with Gasteiger partial charge in [0.15, 0.2) is 60.0 Å². The molecule has 0 amide bonds. The van der Waals surface area contributed by atoms with Gasteiger partial charge in [-0.15, -0.1) is 18.3 Å². The molecule has 6 heterocycles. The number of rotatable bonds is 12. The molecule has 6 aliphatic heterocycles. The van der Waals surface area contributed by atoms with Crippen LogP contribution >= 0.6 is 0 Å². The highest BCUT2D eigenvalue weighted by atomic mass is 28.4. The second-order valence-electron chi connectivity index (χ2n) is 40.5. The van der Waals surface area contributed by atoms with Gasteiger partial charge in [-0.1, -0.05) is 218 Å². The Kier molecular flexibility index (Phi) is 27.3. The first-order valence-corrected chi connectivity index (χ1v) is 59.8. The summed E-state index contributed by atoms with van der Waals surface area (Å²) in [6, 6.07) is 138.